The molecule has 0 fully saturated rings. The van der Waals surface area contributed by atoms with E-state index in [0.29, 0.717) is 28.4 Å². The number of aliphatic hydroxyl groups is 1. The molecule has 0 unspecified atom stereocenters. The maximum Gasteiger partial charge on any atom is 0.416 e. The van der Waals surface area contributed by atoms with Crippen molar-refractivity contribution < 1.29 is 22.7 Å². The molecule has 0 aliphatic heterocycles. The average Bonchev–Trinajstić information content (AvgIpc) is 3.02. The molecule has 27 heavy (non-hydrogen) atoms. The predicted molar refractivity (Wildman–Crippen MR) is 101 cm³/mol. The maximum absolute atomic E-state index is 12.7. The van der Waals surface area contributed by atoms with Crippen LogP contribution in [0.3, 0.4) is 0 Å². The molecule has 0 bridgehead atoms. The number of aryl methyl sites for hydroxylation is 2. The van der Waals surface area contributed by atoms with Gasteiger partial charge in [-0.2, -0.15) is 13.2 Å². The van der Waals surface area contributed by atoms with Crippen LogP contribution in [0.2, 0.25) is 0 Å². The second-order valence-electron chi connectivity index (χ2n) is 6.40. The molecule has 1 heterocycles. The van der Waals surface area contributed by atoms with Crippen molar-refractivity contribution in [1.29, 1.82) is 0 Å². The summed E-state index contributed by atoms with van der Waals surface area (Å²) in [6.45, 7) is 3.88. The number of benzene rings is 2. The quantitative estimate of drug-likeness (QED) is 0.513. The van der Waals surface area contributed by atoms with Crippen LogP contribution in [0.15, 0.2) is 57.8 Å². The van der Waals surface area contributed by atoms with E-state index in [1.165, 1.54) is 23.3 Å². The van der Waals surface area contributed by atoms with Crippen molar-refractivity contribution in [3.63, 3.8) is 0 Å². The second kappa shape index (κ2) is 7.82. The number of furan rings is 1. The summed E-state index contributed by atoms with van der Waals surface area (Å²) in [5.41, 5.74) is 2.82. The third-order valence-electron chi connectivity index (χ3n) is 4.13. The van der Waals surface area contributed by atoms with Crippen molar-refractivity contribution in [2.75, 3.05) is 0 Å². The lowest BCUT2D eigenvalue weighted by atomic mass is 10.1. The summed E-state index contributed by atoms with van der Waals surface area (Å²) < 4.78 is 43.9. The fourth-order valence-electron chi connectivity index (χ4n) is 2.85. The molecular weight excluding hydrogens is 373 g/mol. The number of hydrogen-bond acceptors (Lipinski definition) is 3. The summed E-state index contributed by atoms with van der Waals surface area (Å²) in [6.07, 6.45) is -4.37. The fourth-order valence-corrected chi connectivity index (χ4v) is 3.93. The molecule has 0 aliphatic carbocycles. The van der Waals surface area contributed by atoms with E-state index in [2.05, 4.69) is 18.2 Å². The van der Waals surface area contributed by atoms with Gasteiger partial charge in [0.05, 0.1) is 17.9 Å². The SMILES string of the molecule is Cc1cc(C)cc(SCc2oc(-c3ccc(C(F)(F)F)cc3)cc2CO)c1. The number of alkyl halides is 3. The zero-order chi connectivity index (χ0) is 19.6. The summed E-state index contributed by atoms with van der Waals surface area (Å²) in [5.74, 6) is 1.60. The largest absolute Gasteiger partial charge is 0.460 e. The molecule has 0 spiro atoms. The Morgan fingerprint density at radius 3 is 2.15 bits per heavy atom. The molecule has 0 amide bonds. The number of halogens is 3. The average molecular weight is 392 g/mol. The molecule has 2 aromatic carbocycles. The zero-order valence-electron chi connectivity index (χ0n) is 14.9. The standard InChI is InChI=1S/C21H19F3O2S/c1-13-7-14(2)9-18(8-13)27-12-20-16(11-25)10-19(26-20)15-3-5-17(6-4-15)21(22,23)24/h3-10,25H,11-12H2,1-2H3. The third-order valence-corrected chi connectivity index (χ3v) is 5.10. The van der Waals surface area contributed by atoms with Gasteiger partial charge >= 0.3 is 6.18 Å². The van der Waals surface area contributed by atoms with E-state index in [1.54, 1.807) is 17.8 Å². The molecule has 142 valence electrons. The van der Waals surface area contributed by atoms with Gasteiger partial charge in [0.25, 0.3) is 0 Å². The number of thioether (sulfide) groups is 1. The smallest absolute Gasteiger partial charge is 0.416 e. The minimum Gasteiger partial charge on any atom is -0.460 e. The van der Waals surface area contributed by atoms with E-state index in [-0.39, 0.29) is 6.61 Å². The van der Waals surface area contributed by atoms with Crippen LogP contribution in [-0.2, 0) is 18.5 Å². The molecule has 3 rings (SSSR count). The molecule has 1 aromatic heterocycles. The maximum atomic E-state index is 12.7. The summed E-state index contributed by atoms with van der Waals surface area (Å²) in [4.78, 5) is 1.10. The lowest BCUT2D eigenvalue weighted by Gasteiger charge is -2.06. The van der Waals surface area contributed by atoms with Gasteiger partial charge in [0.15, 0.2) is 0 Å². The molecule has 3 aromatic rings. The number of aliphatic hydroxyl groups excluding tert-OH is 1. The van der Waals surface area contributed by atoms with Gasteiger partial charge < -0.3 is 9.52 Å². The number of rotatable bonds is 5. The Kier molecular flexibility index (Phi) is 5.67. The van der Waals surface area contributed by atoms with E-state index in [0.717, 1.165) is 17.0 Å². The monoisotopic (exact) mass is 392 g/mol. The lowest BCUT2D eigenvalue weighted by Crippen LogP contribution is -2.03. The molecule has 1 N–H and O–H groups in total. The van der Waals surface area contributed by atoms with Crippen molar-refractivity contribution in [2.45, 2.75) is 37.3 Å². The lowest BCUT2D eigenvalue weighted by molar-refractivity contribution is -0.137. The van der Waals surface area contributed by atoms with E-state index in [9.17, 15) is 18.3 Å². The van der Waals surface area contributed by atoms with Crippen LogP contribution in [0, 0.1) is 13.8 Å². The zero-order valence-corrected chi connectivity index (χ0v) is 15.7. The van der Waals surface area contributed by atoms with Gasteiger partial charge in [-0.3, -0.25) is 0 Å². The first-order valence-electron chi connectivity index (χ1n) is 8.37. The minimum atomic E-state index is -4.37. The van der Waals surface area contributed by atoms with E-state index < -0.39 is 11.7 Å². The summed E-state index contributed by atoms with van der Waals surface area (Å²) >= 11 is 1.59. The summed E-state index contributed by atoms with van der Waals surface area (Å²) in [5, 5.41) is 9.60. The van der Waals surface area contributed by atoms with Crippen LogP contribution < -0.4 is 0 Å². The highest BCUT2D eigenvalue weighted by Crippen LogP contribution is 2.34. The molecule has 0 atom stereocenters. The van der Waals surface area contributed by atoms with Crippen molar-refractivity contribution in [3.05, 3.63) is 76.5 Å². The molecule has 0 radical (unpaired) electrons. The number of hydrogen-bond donors (Lipinski definition) is 1. The molecule has 2 nitrogen and oxygen atoms in total. The Morgan fingerprint density at radius 1 is 0.963 bits per heavy atom. The van der Waals surface area contributed by atoms with E-state index in [1.807, 2.05) is 13.8 Å². The first kappa shape index (κ1) is 19.6. The van der Waals surface area contributed by atoms with Gasteiger partial charge in [-0.15, -0.1) is 11.8 Å². The Hall–Kier alpha value is -2.18. The van der Waals surface area contributed by atoms with E-state index >= 15 is 0 Å². The van der Waals surface area contributed by atoms with Crippen LogP contribution >= 0.6 is 11.8 Å². The van der Waals surface area contributed by atoms with Crippen LogP contribution in [-0.4, -0.2) is 5.11 Å². The summed E-state index contributed by atoms with van der Waals surface area (Å²) in [6, 6.07) is 12.7. The topological polar surface area (TPSA) is 33.4 Å². The van der Waals surface area contributed by atoms with Crippen molar-refractivity contribution >= 4 is 11.8 Å². The molecule has 0 saturated heterocycles. The highest BCUT2D eigenvalue weighted by atomic mass is 32.2. The van der Waals surface area contributed by atoms with Gasteiger partial charge in [-0.25, -0.2) is 0 Å². The third kappa shape index (κ3) is 4.76. The fraction of sp³-hybridized carbons (Fsp3) is 0.238. The Labute approximate surface area is 160 Å². The Bertz CT molecular complexity index is 907. The van der Waals surface area contributed by atoms with Gasteiger partial charge in [0.1, 0.15) is 11.5 Å². The molecule has 6 heteroatoms. The highest BCUT2D eigenvalue weighted by Gasteiger charge is 2.30. The Balaban J connectivity index is 1.80. The van der Waals surface area contributed by atoms with Crippen LogP contribution in [0.4, 0.5) is 13.2 Å². The van der Waals surface area contributed by atoms with Crippen LogP contribution in [0.1, 0.15) is 28.0 Å². The Morgan fingerprint density at radius 2 is 1.59 bits per heavy atom. The van der Waals surface area contributed by atoms with Crippen molar-refractivity contribution in [2.24, 2.45) is 0 Å². The van der Waals surface area contributed by atoms with E-state index in [4.69, 9.17) is 4.42 Å². The van der Waals surface area contributed by atoms with Crippen molar-refractivity contribution in [3.8, 4) is 11.3 Å². The highest BCUT2D eigenvalue weighted by molar-refractivity contribution is 7.98. The minimum absolute atomic E-state index is 0.188. The first-order chi connectivity index (χ1) is 12.8. The van der Waals surface area contributed by atoms with Crippen molar-refractivity contribution in [1.82, 2.24) is 0 Å². The molecule has 0 saturated carbocycles. The first-order valence-corrected chi connectivity index (χ1v) is 9.36. The van der Waals surface area contributed by atoms with Gasteiger partial charge in [0.2, 0.25) is 0 Å². The predicted octanol–water partition coefficient (Wildman–Crippen LogP) is 6.37. The second-order valence-corrected chi connectivity index (χ2v) is 7.45. The van der Waals surface area contributed by atoms with Gasteiger partial charge in [0, 0.05) is 16.0 Å². The molecular formula is C21H19F3O2S. The normalized spacial score (nSPS) is 11.8. The summed E-state index contributed by atoms with van der Waals surface area (Å²) in [7, 11) is 0. The van der Waals surface area contributed by atoms with Crippen LogP contribution in [0.5, 0.6) is 0 Å². The van der Waals surface area contributed by atoms with Crippen LogP contribution in [0.25, 0.3) is 11.3 Å². The van der Waals surface area contributed by atoms with Gasteiger partial charge in [-0.1, -0.05) is 18.2 Å². The van der Waals surface area contributed by atoms with Gasteiger partial charge in [-0.05, 0) is 55.3 Å². The molecule has 0 aliphatic rings.